The summed E-state index contributed by atoms with van der Waals surface area (Å²) in [4.78, 5) is 6.52. The molecular weight excluding hydrogens is 439 g/mol. The van der Waals surface area contributed by atoms with E-state index in [0.29, 0.717) is 49.0 Å². The molecule has 1 unspecified atom stereocenters. The largest absolute Gasteiger partial charge is 0.377 e. The zero-order valence-corrected chi connectivity index (χ0v) is 19.3. The van der Waals surface area contributed by atoms with Crippen LogP contribution in [-0.4, -0.2) is 66.6 Å². The van der Waals surface area contributed by atoms with Crippen molar-refractivity contribution in [2.45, 2.75) is 38.5 Å². The first-order valence-corrected chi connectivity index (χ1v) is 11.7. The van der Waals surface area contributed by atoms with Gasteiger partial charge in [0, 0.05) is 38.2 Å². The minimum atomic E-state index is -0.586. The first-order chi connectivity index (χ1) is 16.6. The van der Waals surface area contributed by atoms with Gasteiger partial charge in [-0.3, -0.25) is 4.68 Å². The molecule has 0 bridgehead atoms. The molecule has 6 rings (SSSR count). The lowest BCUT2D eigenvalue weighted by molar-refractivity contribution is -0.0384. The summed E-state index contributed by atoms with van der Waals surface area (Å²) in [5.41, 5.74) is 2.44. The van der Waals surface area contributed by atoms with Gasteiger partial charge in [-0.05, 0) is 44.4 Å². The van der Waals surface area contributed by atoms with Gasteiger partial charge in [0.2, 0.25) is 5.95 Å². The number of nitrogens with zero attached hydrogens (tertiary/aromatic N) is 8. The molecule has 2 aliphatic rings. The standard InChI is InChI=1S/C23H27FN8O2/c1-15-14-33-12-10-30(15)19-13-16(17-6-8-25-29(17)2)21-22(24)27-23(32(21)28-19)18-7-9-26-31(18)20-5-3-4-11-34-20/h6-9,13,15,20H,3-5,10-12,14H2,1-2H3/t15-,20?/m1/s1. The van der Waals surface area contributed by atoms with Gasteiger partial charge >= 0.3 is 0 Å². The van der Waals surface area contributed by atoms with Crippen LogP contribution in [0.5, 0.6) is 0 Å². The number of aryl methyl sites for hydroxylation is 1. The van der Waals surface area contributed by atoms with Crippen molar-refractivity contribution < 1.29 is 13.9 Å². The van der Waals surface area contributed by atoms with Crippen LogP contribution in [0.2, 0.25) is 0 Å². The van der Waals surface area contributed by atoms with E-state index in [1.54, 1.807) is 26.3 Å². The summed E-state index contributed by atoms with van der Waals surface area (Å²) in [7, 11) is 1.84. The maximum absolute atomic E-state index is 15.5. The number of halogens is 1. The lowest BCUT2D eigenvalue weighted by Crippen LogP contribution is -2.44. The van der Waals surface area contributed by atoms with E-state index < -0.39 is 5.95 Å². The second-order valence-corrected chi connectivity index (χ2v) is 8.84. The number of ether oxygens (including phenoxy) is 2. The molecule has 0 saturated carbocycles. The van der Waals surface area contributed by atoms with Crippen molar-refractivity contribution in [1.82, 2.24) is 34.2 Å². The van der Waals surface area contributed by atoms with Gasteiger partial charge in [0.1, 0.15) is 11.2 Å². The van der Waals surface area contributed by atoms with Gasteiger partial charge in [-0.25, -0.2) is 9.20 Å². The van der Waals surface area contributed by atoms with Gasteiger partial charge < -0.3 is 14.4 Å². The van der Waals surface area contributed by atoms with Crippen LogP contribution >= 0.6 is 0 Å². The molecule has 4 aromatic heterocycles. The van der Waals surface area contributed by atoms with Crippen LogP contribution in [-0.2, 0) is 16.5 Å². The smallest absolute Gasteiger partial charge is 0.241 e. The van der Waals surface area contributed by atoms with E-state index in [1.807, 2.05) is 25.2 Å². The van der Waals surface area contributed by atoms with Crippen molar-refractivity contribution in [1.29, 1.82) is 0 Å². The summed E-state index contributed by atoms with van der Waals surface area (Å²) in [6.45, 7) is 4.70. The highest BCUT2D eigenvalue weighted by atomic mass is 19.1. The first-order valence-electron chi connectivity index (χ1n) is 11.7. The number of hydrogen-bond donors (Lipinski definition) is 0. The molecule has 11 heteroatoms. The molecule has 2 atom stereocenters. The molecule has 4 aromatic rings. The molecule has 2 aliphatic heterocycles. The summed E-state index contributed by atoms with van der Waals surface area (Å²) in [6, 6.07) is 5.76. The van der Waals surface area contributed by atoms with E-state index in [4.69, 9.17) is 14.6 Å². The fraction of sp³-hybridized carbons (Fsp3) is 0.478. The number of hydrogen-bond acceptors (Lipinski definition) is 7. The molecule has 0 spiro atoms. The third kappa shape index (κ3) is 3.46. The van der Waals surface area contributed by atoms with E-state index in [1.165, 1.54) is 0 Å². The molecule has 10 nitrogen and oxygen atoms in total. The molecular formula is C23H27FN8O2. The Morgan fingerprint density at radius 3 is 2.71 bits per heavy atom. The zero-order chi connectivity index (χ0) is 23.2. The number of fused-ring (bicyclic) bond motifs is 1. The van der Waals surface area contributed by atoms with Crippen LogP contribution in [0.4, 0.5) is 10.2 Å². The lowest BCUT2D eigenvalue weighted by Gasteiger charge is -2.34. The Morgan fingerprint density at radius 2 is 1.94 bits per heavy atom. The molecule has 0 amide bonds. The molecule has 0 radical (unpaired) electrons. The van der Waals surface area contributed by atoms with Crippen molar-refractivity contribution >= 4 is 11.3 Å². The minimum absolute atomic E-state index is 0.135. The topological polar surface area (TPSA) is 87.5 Å². The fourth-order valence-corrected chi connectivity index (χ4v) is 4.88. The Balaban J connectivity index is 1.57. The molecule has 34 heavy (non-hydrogen) atoms. The predicted octanol–water partition coefficient (Wildman–Crippen LogP) is 3.06. The molecule has 2 saturated heterocycles. The van der Waals surface area contributed by atoms with E-state index in [9.17, 15) is 0 Å². The van der Waals surface area contributed by atoms with Crippen LogP contribution in [0.3, 0.4) is 0 Å². The van der Waals surface area contributed by atoms with Crippen molar-refractivity contribution in [3.63, 3.8) is 0 Å². The van der Waals surface area contributed by atoms with Gasteiger partial charge in [-0.15, -0.1) is 5.10 Å². The van der Waals surface area contributed by atoms with Gasteiger partial charge in [-0.2, -0.15) is 19.6 Å². The van der Waals surface area contributed by atoms with Gasteiger partial charge in [0.05, 0.1) is 24.9 Å². The Hall–Kier alpha value is -3.31. The van der Waals surface area contributed by atoms with E-state index in [0.717, 1.165) is 30.8 Å². The summed E-state index contributed by atoms with van der Waals surface area (Å²) in [5.74, 6) is 0.543. The predicted molar refractivity (Wildman–Crippen MR) is 123 cm³/mol. The van der Waals surface area contributed by atoms with Gasteiger partial charge in [0.15, 0.2) is 17.9 Å². The van der Waals surface area contributed by atoms with Crippen molar-refractivity contribution in [3.8, 4) is 22.8 Å². The average molecular weight is 467 g/mol. The monoisotopic (exact) mass is 466 g/mol. The highest BCUT2D eigenvalue weighted by Crippen LogP contribution is 2.34. The van der Waals surface area contributed by atoms with E-state index in [-0.39, 0.29) is 12.3 Å². The quantitative estimate of drug-likeness (QED) is 0.457. The molecule has 0 aromatic carbocycles. The van der Waals surface area contributed by atoms with Crippen LogP contribution < -0.4 is 4.90 Å². The maximum atomic E-state index is 15.5. The summed E-state index contributed by atoms with van der Waals surface area (Å²) >= 11 is 0. The van der Waals surface area contributed by atoms with Crippen LogP contribution in [0.25, 0.3) is 28.3 Å². The van der Waals surface area contributed by atoms with Crippen molar-refractivity contribution in [2.75, 3.05) is 31.3 Å². The Bertz CT molecular complexity index is 1320. The summed E-state index contributed by atoms with van der Waals surface area (Å²) in [5, 5.41) is 13.7. The zero-order valence-electron chi connectivity index (χ0n) is 19.3. The average Bonchev–Trinajstić information content (AvgIpc) is 3.58. The van der Waals surface area contributed by atoms with E-state index in [2.05, 4.69) is 27.0 Å². The molecule has 2 fully saturated rings. The third-order valence-electron chi connectivity index (χ3n) is 6.63. The summed E-state index contributed by atoms with van der Waals surface area (Å²) in [6.07, 6.45) is 6.14. The highest BCUT2D eigenvalue weighted by molar-refractivity contribution is 5.82. The Labute approximate surface area is 195 Å². The van der Waals surface area contributed by atoms with Crippen molar-refractivity contribution in [2.24, 2.45) is 7.05 Å². The molecule has 0 N–H and O–H groups in total. The number of imidazole rings is 1. The summed E-state index contributed by atoms with van der Waals surface area (Å²) < 4.78 is 32.2. The number of anilines is 1. The molecule has 178 valence electrons. The van der Waals surface area contributed by atoms with Gasteiger partial charge in [-0.1, -0.05) is 0 Å². The third-order valence-corrected chi connectivity index (χ3v) is 6.63. The normalized spacial score (nSPS) is 21.4. The van der Waals surface area contributed by atoms with Crippen LogP contribution in [0.1, 0.15) is 32.4 Å². The minimum Gasteiger partial charge on any atom is -0.377 e. The number of aromatic nitrogens is 7. The number of rotatable bonds is 4. The van der Waals surface area contributed by atoms with Crippen LogP contribution in [0.15, 0.2) is 30.6 Å². The lowest BCUT2D eigenvalue weighted by atomic mass is 10.1. The highest BCUT2D eigenvalue weighted by Gasteiger charge is 2.28. The van der Waals surface area contributed by atoms with Crippen LogP contribution in [0, 0.1) is 5.95 Å². The fourth-order valence-electron chi connectivity index (χ4n) is 4.88. The molecule has 0 aliphatic carbocycles. The number of morpholine rings is 1. The maximum Gasteiger partial charge on any atom is 0.241 e. The van der Waals surface area contributed by atoms with Gasteiger partial charge in [0.25, 0.3) is 0 Å². The Morgan fingerprint density at radius 1 is 1.09 bits per heavy atom. The SMILES string of the molecule is C[C@@H]1COCCN1c1cc(-c2ccnn2C)c2c(F)nc(-c3ccnn3C3CCCCO3)n2n1. The molecule has 6 heterocycles. The second kappa shape index (κ2) is 8.48. The van der Waals surface area contributed by atoms with Crippen molar-refractivity contribution in [3.05, 3.63) is 36.5 Å². The second-order valence-electron chi connectivity index (χ2n) is 8.84. The Kier molecular flexibility index (Phi) is 5.30. The van der Waals surface area contributed by atoms with E-state index >= 15 is 4.39 Å². The first kappa shape index (κ1) is 21.2.